The number of amides is 2. The molecular weight excluding hydrogens is 258 g/mol. The van der Waals surface area contributed by atoms with Crippen LogP contribution in [0.25, 0.3) is 0 Å². The van der Waals surface area contributed by atoms with Gasteiger partial charge in [0.25, 0.3) is 0 Å². The van der Waals surface area contributed by atoms with Gasteiger partial charge in [0.1, 0.15) is 12.7 Å². The highest BCUT2D eigenvalue weighted by molar-refractivity contribution is 5.82. The number of nitrogens with zero attached hydrogens (tertiary/aromatic N) is 1. The smallest absolute Gasteiger partial charge is 0.368 e. The van der Waals surface area contributed by atoms with Crippen molar-refractivity contribution in [3.8, 4) is 0 Å². The number of nitrogens with one attached hydrogen (secondary N) is 1. The van der Waals surface area contributed by atoms with E-state index >= 15 is 0 Å². The predicted molar refractivity (Wildman–Crippen MR) is 53.1 cm³/mol. The molecule has 1 aliphatic rings. The van der Waals surface area contributed by atoms with Crippen LogP contribution < -0.4 is 11.1 Å². The first-order valence-corrected chi connectivity index (χ1v) is 5.20. The number of primary amides is 1. The summed E-state index contributed by atoms with van der Waals surface area (Å²) in [6.07, 6.45) is -5.95. The molecule has 9 heteroatoms. The van der Waals surface area contributed by atoms with Gasteiger partial charge in [-0.2, -0.15) is 13.2 Å². The van der Waals surface area contributed by atoms with Gasteiger partial charge in [0.2, 0.25) is 11.8 Å². The molecule has 18 heavy (non-hydrogen) atoms. The largest absolute Gasteiger partial charge is 0.405 e. The second-order valence-corrected chi connectivity index (χ2v) is 4.07. The molecule has 0 spiro atoms. The zero-order valence-electron chi connectivity index (χ0n) is 9.34. The summed E-state index contributed by atoms with van der Waals surface area (Å²) in [7, 11) is 0. The average molecular weight is 271 g/mol. The molecule has 1 rings (SSSR count). The number of rotatable bonds is 4. The lowest BCUT2D eigenvalue weighted by molar-refractivity contribution is -0.139. The summed E-state index contributed by atoms with van der Waals surface area (Å²) in [6, 6.07) is -0.948. The molecule has 0 aromatic carbocycles. The monoisotopic (exact) mass is 271 g/mol. The summed E-state index contributed by atoms with van der Waals surface area (Å²) in [5, 5.41) is 1.64. The second kappa shape index (κ2) is 5.51. The van der Waals surface area contributed by atoms with Crippen LogP contribution >= 0.6 is 0 Å². The highest BCUT2D eigenvalue weighted by Crippen LogP contribution is 2.19. The fourth-order valence-corrected chi connectivity index (χ4v) is 1.76. The van der Waals surface area contributed by atoms with Gasteiger partial charge < -0.3 is 11.1 Å². The molecule has 104 valence electrons. The minimum atomic E-state index is -4.51. The minimum absolute atomic E-state index is 0.137. The van der Waals surface area contributed by atoms with E-state index in [1.54, 1.807) is 5.32 Å². The first-order chi connectivity index (χ1) is 8.19. The Morgan fingerprint density at radius 3 is 2.50 bits per heavy atom. The van der Waals surface area contributed by atoms with Crippen molar-refractivity contribution in [2.45, 2.75) is 24.8 Å². The van der Waals surface area contributed by atoms with Crippen LogP contribution in [-0.4, -0.2) is 54.7 Å². The zero-order chi connectivity index (χ0) is 13.9. The van der Waals surface area contributed by atoms with Crippen molar-refractivity contribution >= 4 is 11.8 Å². The fourth-order valence-electron chi connectivity index (χ4n) is 1.76. The Balaban J connectivity index is 2.46. The number of nitrogens with two attached hydrogens (primary N) is 1. The molecule has 0 radical (unpaired) electrons. The van der Waals surface area contributed by atoms with Crippen molar-refractivity contribution in [3.05, 3.63) is 0 Å². The molecule has 1 aliphatic heterocycles. The Bertz CT molecular complexity index is 334. The Hall–Kier alpha value is -1.38. The van der Waals surface area contributed by atoms with E-state index in [1.807, 2.05) is 0 Å². The predicted octanol–water partition coefficient (Wildman–Crippen LogP) is -0.437. The lowest BCUT2D eigenvalue weighted by atomic mass is 10.2. The first kappa shape index (κ1) is 14.7. The van der Waals surface area contributed by atoms with Crippen molar-refractivity contribution < 1.29 is 27.2 Å². The van der Waals surface area contributed by atoms with Crippen molar-refractivity contribution in [2.24, 2.45) is 5.73 Å². The van der Waals surface area contributed by atoms with Gasteiger partial charge in [-0.3, -0.25) is 14.5 Å². The van der Waals surface area contributed by atoms with Crippen LogP contribution in [0.4, 0.5) is 17.6 Å². The molecule has 5 nitrogen and oxygen atoms in total. The second-order valence-electron chi connectivity index (χ2n) is 4.07. The number of halogens is 4. The van der Waals surface area contributed by atoms with E-state index in [2.05, 4.69) is 0 Å². The van der Waals surface area contributed by atoms with Gasteiger partial charge in [0.15, 0.2) is 0 Å². The molecule has 2 atom stereocenters. The van der Waals surface area contributed by atoms with Crippen molar-refractivity contribution in [1.29, 1.82) is 0 Å². The summed E-state index contributed by atoms with van der Waals surface area (Å²) < 4.78 is 48.6. The molecule has 0 aromatic rings. The lowest BCUT2D eigenvalue weighted by Gasteiger charge is -2.20. The SMILES string of the molecule is NC(=O)[C@@H]1C[C@@H](F)CN1CC(=O)NCC(F)(F)F. The van der Waals surface area contributed by atoms with Gasteiger partial charge in [-0.15, -0.1) is 0 Å². The van der Waals surface area contributed by atoms with E-state index in [-0.39, 0.29) is 13.0 Å². The third kappa shape index (κ3) is 4.47. The van der Waals surface area contributed by atoms with E-state index in [0.717, 1.165) is 4.90 Å². The minimum Gasteiger partial charge on any atom is -0.368 e. The molecular formula is C9H13F4N3O2. The number of alkyl halides is 4. The molecule has 0 aliphatic carbocycles. The van der Waals surface area contributed by atoms with Crippen LogP contribution in [0.2, 0.25) is 0 Å². The lowest BCUT2D eigenvalue weighted by Crippen LogP contribution is -2.46. The first-order valence-electron chi connectivity index (χ1n) is 5.20. The molecule has 1 fully saturated rings. The van der Waals surface area contributed by atoms with Crippen LogP contribution in [0, 0.1) is 0 Å². The van der Waals surface area contributed by atoms with Crippen LogP contribution in [0.3, 0.4) is 0 Å². The quantitative estimate of drug-likeness (QED) is 0.681. The van der Waals surface area contributed by atoms with Gasteiger partial charge >= 0.3 is 6.18 Å². The van der Waals surface area contributed by atoms with Crippen molar-refractivity contribution in [1.82, 2.24) is 10.2 Å². The number of hydrogen-bond donors (Lipinski definition) is 2. The number of likely N-dealkylation sites (tertiary alicyclic amines) is 1. The third-order valence-corrected chi connectivity index (χ3v) is 2.51. The number of hydrogen-bond acceptors (Lipinski definition) is 3. The molecule has 1 heterocycles. The van der Waals surface area contributed by atoms with Gasteiger partial charge in [-0.05, 0) is 0 Å². The Kier molecular flexibility index (Phi) is 4.49. The van der Waals surface area contributed by atoms with Gasteiger partial charge in [0.05, 0.1) is 12.6 Å². The van der Waals surface area contributed by atoms with E-state index < -0.39 is 43.3 Å². The highest BCUT2D eigenvalue weighted by atomic mass is 19.4. The third-order valence-electron chi connectivity index (χ3n) is 2.51. The van der Waals surface area contributed by atoms with Crippen LogP contribution in [0.15, 0.2) is 0 Å². The van der Waals surface area contributed by atoms with Crippen LogP contribution in [-0.2, 0) is 9.59 Å². The van der Waals surface area contributed by atoms with Crippen molar-refractivity contribution in [2.75, 3.05) is 19.6 Å². The maximum Gasteiger partial charge on any atom is 0.405 e. The summed E-state index contributed by atoms with van der Waals surface area (Å²) in [5.74, 6) is -1.72. The van der Waals surface area contributed by atoms with E-state index in [9.17, 15) is 27.2 Å². The maximum atomic E-state index is 13.0. The molecule has 0 saturated carbocycles. The van der Waals surface area contributed by atoms with Crippen molar-refractivity contribution in [3.63, 3.8) is 0 Å². The molecule has 1 saturated heterocycles. The topological polar surface area (TPSA) is 75.4 Å². The Labute approximate surface area is 100 Å². The molecule has 0 bridgehead atoms. The maximum absolute atomic E-state index is 13.0. The van der Waals surface area contributed by atoms with E-state index in [0.29, 0.717) is 0 Å². The van der Waals surface area contributed by atoms with E-state index in [4.69, 9.17) is 5.73 Å². The highest BCUT2D eigenvalue weighted by Gasteiger charge is 2.37. The molecule has 0 aromatic heterocycles. The zero-order valence-corrected chi connectivity index (χ0v) is 9.34. The summed E-state index contributed by atoms with van der Waals surface area (Å²) >= 11 is 0. The number of carbonyl (C=O) groups is 2. The summed E-state index contributed by atoms with van der Waals surface area (Å²) in [4.78, 5) is 23.3. The van der Waals surface area contributed by atoms with Gasteiger partial charge in [-0.25, -0.2) is 4.39 Å². The van der Waals surface area contributed by atoms with Crippen LogP contribution in [0.1, 0.15) is 6.42 Å². The van der Waals surface area contributed by atoms with Gasteiger partial charge in [0, 0.05) is 13.0 Å². The molecule has 2 amide bonds. The van der Waals surface area contributed by atoms with E-state index in [1.165, 1.54) is 0 Å². The Morgan fingerprint density at radius 1 is 1.39 bits per heavy atom. The Morgan fingerprint density at radius 2 is 2.00 bits per heavy atom. The van der Waals surface area contributed by atoms with Crippen LogP contribution in [0.5, 0.6) is 0 Å². The molecule has 3 N–H and O–H groups in total. The normalized spacial score (nSPS) is 25.1. The standard InChI is InChI=1S/C9H13F4N3O2/c10-5-1-6(8(14)18)16(2-5)3-7(17)15-4-9(11,12)13/h5-6H,1-4H2,(H2,14,18)(H,15,17)/t5-,6+/m1/s1. The fraction of sp³-hybridized carbons (Fsp3) is 0.778. The molecule has 0 unspecified atom stereocenters. The summed E-state index contributed by atoms with van der Waals surface area (Å²) in [6.45, 7) is -2.13. The summed E-state index contributed by atoms with van der Waals surface area (Å²) in [5.41, 5.74) is 5.01. The number of carbonyl (C=O) groups excluding carboxylic acids is 2. The average Bonchev–Trinajstić information content (AvgIpc) is 2.55. The van der Waals surface area contributed by atoms with Gasteiger partial charge in [-0.1, -0.05) is 0 Å².